The molecule has 5 nitrogen and oxygen atoms in total. The Hall–Kier alpha value is -0.620. The zero-order valence-electron chi connectivity index (χ0n) is 10.1. The number of sulfonamides is 1. The smallest absolute Gasteiger partial charge is 0.303 e. The molecule has 0 aliphatic rings. The quantitative estimate of drug-likeness (QED) is 0.675. The van der Waals surface area contributed by atoms with Crippen molar-refractivity contribution in [1.29, 1.82) is 0 Å². The van der Waals surface area contributed by atoms with Gasteiger partial charge in [-0.15, -0.1) is 0 Å². The van der Waals surface area contributed by atoms with Gasteiger partial charge in [0.1, 0.15) is 0 Å². The highest BCUT2D eigenvalue weighted by atomic mass is 32.2. The van der Waals surface area contributed by atoms with E-state index in [0.717, 1.165) is 0 Å². The third kappa shape index (κ3) is 7.64. The largest absolute Gasteiger partial charge is 0.481 e. The van der Waals surface area contributed by atoms with Crippen LogP contribution in [-0.2, 0) is 14.8 Å². The monoisotopic (exact) mass is 251 g/mol. The predicted octanol–water partition coefficient (Wildman–Crippen LogP) is 1.06. The normalized spacial score (nSPS) is 14.0. The first-order valence-corrected chi connectivity index (χ1v) is 7.11. The van der Waals surface area contributed by atoms with Gasteiger partial charge in [0.05, 0.1) is 5.75 Å². The number of carboxylic acids is 1. The molecule has 96 valence electrons. The Bertz CT molecular complexity index is 311. The molecule has 0 heterocycles. The molecular weight excluding hydrogens is 230 g/mol. The van der Waals surface area contributed by atoms with Crippen molar-refractivity contribution in [3.63, 3.8) is 0 Å². The summed E-state index contributed by atoms with van der Waals surface area (Å²) in [5.41, 5.74) is 0. The molecule has 0 spiro atoms. The van der Waals surface area contributed by atoms with Crippen molar-refractivity contribution in [3.8, 4) is 0 Å². The molecule has 0 fully saturated rings. The van der Waals surface area contributed by atoms with Gasteiger partial charge in [0.15, 0.2) is 0 Å². The first-order valence-electron chi connectivity index (χ1n) is 5.46. The van der Waals surface area contributed by atoms with Crippen LogP contribution in [0, 0.1) is 11.8 Å². The van der Waals surface area contributed by atoms with Crippen molar-refractivity contribution in [1.82, 2.24) is 4.72 Å². The Kier molecular flexibility index (Phi) is 6.59. The number of nitrogens with one attached hydrogen (secondary N) is 1. The average Bonchev–Trinajstić information content (AvgIpc) is 2.09. The van der Waals surface area contributed by atoms with Crippen molar-refractivity contribution in [2.24, 2.45) is 11.8 Å². The van der Waals surface area contributed by atoms with Gasteiger partial charge in [-0.05, 0) is 11.8 Å². The molecule has 0 bridgehead atoms. The minimum atomic E-state index is -3.26. The van der Waals surface area contributed by atoms with Crippen molar-refractivity contribution in [3.05, 3.63) is 0 Å². The lowest BCUT2D eigenvalue weighted by Crippen LogP contribution is -2.33. The van der Waals surface area contributed by atoms with E-state index in [-0.39, 0.29) is 30.6 Å². The highest BCUT2D eigenvalue weighted by molar-refractivity contribution is 7.89. The van der Waals surface area contributed by atoms with Crippen LogP contribution in [0.25, 0.3) is 0 Å². The number of aliphatic carboxylic acids is 1. The fourth-order valence-corrected chi connectivity index (χ4v) is 2.84. The fourth-order valence-electron chi connectivity index (χ4n) is 1.35. The third-order valence-electron chi connectivity index (χ3n) is 2.19. The van der Waals surface area contributed by atoms with E-state index in [1.54, 1.807) is 0 Å². The summed E-state index contributed by atoms with van der Waals surface area (Å²) in [6.07, 6.45) is 0.650. The van der Waals surface area contributed by atoms with E-state index >= 15 is 0 Å². The van der Waals surface area contributed by atoms with Crippen LogP contribution in [0.4, 0.5) is 0 Å². The molecule has 0 saturated heterocycles. The highest BCUT2D eigenvalue weighted by Crippen LogP contribution is 2.07. The van der Waals surface area contributed by atoms with Gasteiger partial charge in [0.2, 0.25) is 10.0 Å². The summed E-state index contributed by atoms with van der Waals surface area (Å²) in [5, 5.41) is 8.61. The molecule has 0 aliphatic carbocycles. The van der Waals surface area contributed by atoms with Gasteiger partial charge in [0, 0.05) is 13.0 Å². The minimum Gasteiger partial charge on any atom is -0.481 e. The number of carbonyl (C=O) groups is 1. The van der Waals surface area contributed by atoms with Crippen LogP contribution in [0.5, 0.6) is 0 Å². The van der Waals surface area contributed by atoms with E-state index in [0.29, 0.717) is 6.42 Å². The van der Waals surface area contributed by atoms with E-state index in [1.807, 2.05) is 20.8 Å². The van der Waals surface area contributed by atoms with Crippen LogP contribution in [0.3, 0.4) is 0 Å². The topological polar surface area (TPSA) is 83.5 Å². The maximum Gasteiger partial charge on any atom is 0.303 e. The molecule has 0 rings (SSSR count). The van der Waals surface area contributed by atoms with Gasteiger partial charge in [-0.25, -0.2) is 13.1 Å². The second-order valence-electron chi connectivity index (χ2n) is 4.40. The van der Waals surface area contributed by atoms with E-state index < -0.39 is 16.0 Å². The molecule has 6 heteroatoms. The Morgan fingerprint density at radius 3 is 2.31 bits per heavy atom. The lowest BCUT2D eigenvalue weighted by atomic mass is 10.0. The molecule has 0 radical (unpaired) electrons. The van der Waals surface area contributed by atoms with Crippen LogP contribution in [0.15, 0.2) is 0 Å². The summed E-state index contributed by atoms with van der Waals surface area (Å²) in [5.74, 6) is -0.886. The van der Waals surface area contributed by atoms with Gasteiger partial charge in [0.25, 0.3) is 0 Å². The zero-order valence-corrected chi connectivity index (χ0v) is 10.9. The van der Waals surface area contributed by atoms with Gasteiger partial charge >= 0.3 is 5.97 Å². The van der Waals surface area contributed by atoms with E-state index in [4.69, 9.17) is 5.11 Å². The van der Waals surface area contributed by atoms with Gasteiger partial charge < -0.3 is 5.11 Å². The first-order chi connectivity index (χ1) is 7.26. The molecule has 16 heavy (non-hydrogen) atoms. The number of hydrogen-bond acceptors (Lipinski definition) is 3. The van der Waals surface area contributed by atoms with E-state index in [1.165, 1.54) is 0 Å². The SMILES string of the molecule is CCC(CNS(=O)(=O)CC(C)C)CC(=O)O. The molecule has 0 aromatic rings. The molecule has 1 unspecified atom stereocenters. The maximum atomic E-state index is 11.5. The molecular formula is C10H21NO4S. The Morgan fingerprint density at radius 2 is 1.94 bits per heavy atom. The summed E-state index contributed by atoms with van der Waals surface area (Å²) >= 11 is 0. The lowest BCUT2D eigenvalue weighted by Gasteiger charge is -2.14. The summed E-state index contributed by atoms with van der Waals surface area (Å²) in [6.45, 7) is 5.71. The summed E-state index contributed by atoms with van der Waals surface area (Å²) in [4.78, 5) is 10.5. The maximum absolute atomic E-state index is 11.5. The Balaban J connectivity index is 4.15. The van der Waals surface area contributed by atoms with Gasteiger partial charge in [-0.1, -0.05) is 27.2 Å². The van der Waals surface area contributed by atoms with Crippen LogP contribution in [-0.4, -0.2) is 31.8 Å². The van der Waals surface area contributed by atoms with Crippen LogP contribution in [0.2, 0.25) is 0 Å². The second-order valence-corrected chi connectivity index (χ2v) is 6.25. The van der Waals surface area contributed by atoms with Crippen molar-refractivity contribution < 1.29 is 18.3 Å². The summed E-state index contributed by atoms with van der Waals surface area (Å²) in [6, 6.07) is 0. The van der Waals surface area contributed by atoms with Crippen molar-refractivity contribution in [2.45, 2.75) is 33.6 Å². The molecule has 2 N–H and O–H groups in total. The van der Waals surface area contributed by atoms with Crippen molar-refractivity contribution >= 4 is 16.0 Å². The zero-order chi connectivity index (χ0) is 12.8. The fraction of sp³-hybridized carbons (Fsp3) is 0.900. The molecule has 0 aliphatic heterocycles. The number of rotatable bonds is 8. The molecule has 0 saturated carbocycles. The summed E-state index contributed by atoms with van der Waals surface area (Å²) < 4.78 is 25.4. The molecule has 0 amide bonds. The number of hydrogen-bond donors (Lipinski definition) is 2. The van der Waals surface area contributed by atoms with Crippen LogP contribution < -0.4 is 4.72 Å². The highest BCUT2D eigenvalue weighted by Gasteiger charge is 2.16. The molecule has 0 aromatic carbocycles. The molecule has 0 aromatic heterocycles. The van der Waals surface area contributed by atoms with Crippen LogP contribution in [0.1, 0.15) is 33.6 Å². The number of carboxylic acid groups (broad SMARTS) is 1. The van der Waals surface area contributed by atoms with E-state index in [2.05, 4.69) is 4.72 Å². The minimum absolute atomic E-state index is 0.000693. The van der Waals surface area contributed by atoms with Crippen molar-refractivity contribution in [2.75, 3.05) is 12.3 Å². The lowest BCUT2D eigenvalue weighted by molar-refractivity contribution is -0.138. The Morgan fingerprint density at radius 1 is 1.38 bits per heavy atom. The first kappa shape index (κ1) is 15.4. The second kappa shape index (κ2) is 6.85. The van der Waals surface area contributed by atoms with Gasteiger partial charge in [-0.3, -0.25) is 4.79 Å². The predicted molar refractivity (Wildman–Crippen MR) is 62.7 cm³/mol. The summed E-state index contributed by atoms with van der Waals surface area (Å²) in [7, 11) is -3.26. The van der Waals surface area contributed by atoms with Gasteiger partial charge in [-0.2, -0.15) is 0 Å². The molecule has 1 atom stereocenters. The van der Waals surface area contributed by atoms with E-state index in [9.17, 15) is 13.2 Å². The Labute approximate surface area is 97.3 Å². The van der Waals surface area contributed by atoms with Crippen LogP contribution >= 0.6 is 0 Å². The average molecular weight is 251 g/mol. The standard InChI is InChI=1S/C10H21NO4S/c1-4-9(5-10(12)13)6-11-16(14,15)7-8(2)3/h8-9,11H,4-7H2,1-3H3,(H,12,13). The third-order valence-corrected chi connectivity index (χ3v) is 3.90.